The minimum absolute atomic E-state index is 0.482. The van der Waals surface area contributed by atoms with Crippen LogP contribution in [0.3, 0.4) is 0 Å². The van der Waals surface area contributed by atoms with E-state index in [1.165, 1.54) is 13.0 Å². The summed E-state index contributed by atoms with van der Waals surface area (Å²) in [6.45, 7) is 18.8. The van der Waals surface area contributed by atoms with Crippen LogP contribution in [0.2, 0.25) is 0 Å². The highest BCUT2D eigenvalue weighted by atomic mass is 16.5. The number of hydrogen-bond donors (Lipinski definition) is 1. The topological polar surface area (TPSA) is 37.0 Å². The molecule has 0 spiro atoms. The van der Waals surface area contributed by atoms with E-state index in [2.05, 4.69) is 56.7 Å². The van der Waals surface area contributed by atoms with E-state index < -0.39 is 0 Å². The molecule has 2 atom stereocenters. The number of ether oxygens (including phenoxy) is 2. The van der Waals surface area contributed by atoms with Crippen molar-refractivity contribution in [3.8, 4) is 0 Å². The SMILES string of the molecule is COCCN(COCCN(CC1CC1NC(C)C)C(C)C)C(C)C. The fourth-order valence-corrected chi connectivity index (χ4v) is 2.99. The van der Waals surface area contributed by atoms with E-state index >= 15 is 0 Å². The van der Waals surface area contributed by atoms with Crippen molar-refractivity contribution in [2.75, 3.05) is 46.7 Å². The van der Waals surface area contributed by atoms with Crippen LogP contribution in [0.15, 0.2) is 0 Å². The van der Waals surface area contributed by atoms with Gasteiger partial charge in [-0.05, 0) is 40.0 Å². The molecule has 0 radical (unpaired) electrons. The summed E-state index contributed by atoms with van der Waals surface area (Å²) < 4.78 is 11.1. The molecule has 5 heteroatoms. The molecule has 24 heavy (non-hydrogen) atoms. The van der Waals surface area contributed by atoms with E-state index in [4.69, 9.17) is 9.47 Å². The van der Waals surface area contributed by atoms with Gasteiger partial charge in [0, 0.05) is 50.9 Å². The molecule has 0 aromatic heterocycles. The Labute approximate surface area is 150 Å². The number of hydrogen-bond acceptors (Lipinski definition) is 5. The van der Waals surface area contributed by atoms with Crippen molar-refractivity contribution in [3.05, 3.63) is 0 Å². The summed E-state index contributed by atoms with van der Waals surface area (Å²) in [5.74, 6) is 0.809. The van der Waals surface area contributed by atoms with Gasteiger partial charge in [0.25, 0.3) is 0 Å². The van der Waals surface area contributed by atoms with E-state index in [-0.39, 0.29) is 0 Å². The molecule has 1 aliphatic carbocycles. The molecule has 5 nitrogen and oxygen atoms in total. The zero-order valence-electron chi connectivity index (χ0n) is 17.0. The average molecular weight is 344 g/mol. The maximum absolute atomic E-state index is 5.94. The molecule has 2 unspecified atom stereocenters. The normalized spacial score (nSPS) is 21.0. The largest absolute Gasteiger partial charge is 0.383 e. The lowest BCUT2D eigenvalue weighted by molar-refractivity contribution is -0.00980. The number of nitrogens with zero attached hydrogens (tertiary/aromatic N) is 2. The van der Waals surface area contributed by atoms with E-state index in [1.807, 2.05) is 0 Å². The minimum Gasteiger partial charge on any atom is -0.383 e. The molecular weight excluding hydrogens is 302 g/mol. The van der Waals surface area contributed by atoms with Gasteiger partial charge in [-0.3, -0.25) is 9.80 Å². The maximum atomic E-state index is 5.94. The third kappa shape index (κ3) is 8.77. The minimum atomic E-state index is 0.482. The molecule has 1 rings (SSSR count). The van der Waals surface area contributed by atoms with Crippen molar-refractivity contribution in [3.63, 3.8) is 0 Å². The van der Waals surface area contributed by atoms with E-state index in [0.29, 0.717) is 24.9 Å². The molecule has 1 saturated carbocycles. The lowest BCUT2D eigenvalue weighted by Crippen LogP contribution is -2.39. The molecule has 0 aliphatic heterocycles. The maximum Gasteiger partial charge on any atom is 0.0993 e. The Morgan fingerprint density at radius 1 is 0.958 bits per heavy atom. The standard InChI is InChI=1S/C19H41N3O2/c1-15(2)20-19-12-18(19)13-21(16(3)4)9-11-24-14-22(17(5)6)8-10-23-7/h15-20H,8-14H2,1-7H3. The fraction of sp³-hybridized carbons (Fsp3) is 1.00. The van der Waals surface area contributed by atoms with Crippen LogP contribution in [0.5, 0.6) is 0 Å². The van der Waals surface area contributed by atoms with Gasteiger partial charge in [0.15, 0.2) is 0 Å². The summed E-state index contributed by atoms with van der Waals surface area (Å²) in [6, 6.07) is 2.36. The summed E-state index contributed by atoms with van der Waals surface area (Å²) in [5.41, 5.74) is 0. The van der Waals surface area contributed by atoms with Gasteiger partial charge in [0.05, 0.1) is 19.9 Å². The van der Waals surface area contributed by atoms with E-state index in [0.717, 1.165) is 38.3 Å². The van der Waals surface area contributed by atoms with Gasteiger partial charge in [0.2, 0.25) is 0 Å². The first-order valence-electron chi connectivity index (χ1n) is 9.66. The van der Waals surface area contributed by atoms with Crippen molar-refractivity contribution in [2.24, 2.45) is 5.92 Å². The third-order valence-corrected chi connectivity index (χ3v) is 4.76. The van der Waals surface area contributed by atoms with Gasteiger partial charge in [-0.25, -0.2) is 0 Å². The first-order chi connectivity index (χ1) is 11.3. The first-order valence-corrected chi connectivity index (χ1v) is 9.66. The molecule has 1 aliphatic rings. The van der Waals surface area contributed by atoms with Gasteiger partial charge in [-0.2, -0.15) is 0 Å². The van der Waals surface area contributed by atoms with Crippen molar-refractivity contribution >= 4 is 0 Å². The van der Waals surface area contributed by atoms with Crippen LogP contribution in [0.4, 0.5) is 0 Å². The van der Waals surface area contributed by atoms with Crippen LogP contribution < -0.4 is 5.32 Å². The van der Waals surface area contributed by atoms with Crippen molar-refractivity contribution in [1.82, 2.24) is 15.1 Å². The third-order valence-electron chi connectivity index (χ3n) is 4.76. The quantitative estimate of drug-likeness (QED) is 0.387. The summed E-state index contributed by atoms with van der Waals surface area (Å²) in [4.78, 5) is 4.87. The first kappa shape index (κ1) is 21.8. The number of rotatable bonds is 14. The molecule has 1 N–H and O–H groups in total. The number of nitrogens with one attached hydrogen (secondary N) is 1. The zero-order chi connectivity index (χ0) is 18.1. The Balaban J connectivity index is 2.24. The molecule has 0 aromatic rings. The van der Waals surface area contributed by atoms with Gasteiger partial charge in [0.1, 0.15) is 0 Å². The van der Waals surface area contributed by atoms with Crippen LogP contribution in [0, 0.1) is 5.92 Å². The smallest absolute Gasteiger partial charge is 0.0993 e. The molecule has 0 aromatic carbocycles. The lowest BCUT2D eigenvalue weighted by atomic mass is 10.2. The Kier molecular flexibility index (Phi) is 10.4. The van der Waals surface area contributed by atoms with Gasteiger partial charge >= 0.3 is 0 Å². The van der Waals surface area contributed by atoms with Crippen molar-refractivity contribution in [2.45, 2.75) is 72.1 Å². The Morgan fingerprint density at radius 2 is 1.58 bits per heavy atom. The molecular formula is C19H41N3O2. The molecule has 0 bridgehead atoms. The second-order valence-corrected chi connectivity index (χ2v) is 7.95. The van der Waals surface area contributed by atoms with Crippen LogP contribution in [0.1, 0.15) is 48.0 Å². The van der Waals surface area contributed by atoms with E-state index in [1.54, 1.807) is 7.11 Å². The lowest BCUT2D eigenvalue weighted by Gasteiger charge is -2.29. The second kappa shape index (κ2) is 11.4. The zero-order valence-corrected chi connectivity index (χ0v) is 17.0. The van der Waals surface area contributed by atoms with Crippen LogP contribution >= 0.6 is 0 Å². The monoisotopic (exact) mass is 343 g/mol. The highest BCUT2D eigenvalue weighted by Crippen LogP contribution is 2.32. The predicted octanol–water partition coefficient (Wildman–Crippen LogP) is 2.41. The summed E-state index contributed by atoms with van der Waals surface area (Å²) in [5, 5.41) is 3.65. The Morgan fingerprint density at radius 3 is 2.12 bits per heavy atom. The highest BCUT2D eigenvalue weighted by molar-refractivity contribution is 4.96. The van der Waals surface area contributed by atoms with Crippen molar-refractivity contribution < 1.29 is 9.47 Å². The molecule has 144 valence electrons. The molecule has 1 fully saturated rings. The van der Waals surface area contributed by atoms with Crippen LogP contribution in [-0.2, 0) is 9.47 Å². The summed E-state index contributed by atoms with van der Waals surface area (Å²) in [7, 11) is 1.75. The Bertz CT molecular complexity index is 324. The van der Waals surface area contributed by atoms with Gasteiger partial charge in [-0.15, -0.1) is 0 Å². The fourth-order valence-electron chi connectivity index (χ4n) is 2.99. The molecule has 0 amide bonds. The van der Waals surface area contributed by atoms with E-state index in [9.17, 15) is 0 Å². The molecule has 0 saturated heterocycles. The predicted molar refractivity (Wildman–Crippen MR) is 101 cm³/mol. The van der Waals surface area contributed by atoms with Crippen LogP contribution in [-0.4, -0.2) is 80.7 Å². The summed E-state index contributed by atoms with van der Waals surface area (Å²) in [6.07, 6.45) is 1.32. The van der Waals surface area contributed by atoms with Crippen molar-refractivity contribution in [1.29, 1.82) is 0 Å². The Hall–Kier alpha value is -0.200. The average Bonchev–Trinajstić information content (AvgIpc) is 3.21. The second-order valence-electron chi connectivity index (χ2n) is 7.95. The van der Waals surface area contributed by atoms with Gasteiger partial charge < -0.3 is 14.8 Å². The molecule has 0 heterocycles. The van der Waals surface area contributed by atoms with Crippen LogP contribution in [0.25, 0.3) is 0 Å². The number of methoxy groups -OCH3 is 1. The highest BCUT2D eigenvalue weighted by Gasteiger charge is 2.38. The van der Waals surface area contributed by atoms with Gasteiger partial charge in [-0.1, -0.05) is 13.8 Å². The summed E-state index contributed by atoms with van der Waals surface area (Å²) >= 11 is 0.